The van der Waals surface area contributed by atoms with Crippen molar-refractivity contribution in [2.45, 2.75) is 6.42 Å². The van der Waals surface area contributed by atoms with Crippen molar-refractivity contribution in [3.63, 3.8) is 0 Å². The van der Waals surface area contributed by atoms with Crippen LogP contribution in [0.15, 0.2) is 73.4 Å². The highest BCUT2D eigenvalue weighted by Gasteiger charge is 2.17. The second-order valence-electron chi connectivity index (χ2n) is 6.48. The molecule has 0 aliphatic rings. The van der Waals surface area contributed by atoms with E-state index in [0.717, 1.165) is 27.7 Å². The van der Waals surface area contributed by atoms with Gasteiger partial charge in [0, 0.05) is 62.1 Å². The number of amides is 1. The highest BCUT2D eigenvalue weighted by molar-refractivity contribution is 6.00. The van der Waals surface area contributed by atoms with Crippen LogP contribution < -0.4 is 0 Å². The third-order valence-electron chi connectivity index (χ3n) is 4.60. The molecule has 0 aliphatic carbocycles. The molecule has 6 nitrogen and oxygen atoms in total. The van der Waals surface area contributed by atoms with E-state index in [9.17, 15) is 4.79 Å². The lowest BCUT2D eigenvalue weighted by molar-refractivity contribution is 0.0791. The van der Waals surface area contributed by atoms with Crippen LogP contribution >= 0.6 is 0 Å². The summed E-state index contributed by atoms with van der Waals surface area (Å²) < 4.78 is 0. The van der Waals surface area contributed by atoms with Crippen LogP contribution in [0.3, 0.4) is 0 Å². The molecule has 28 heavy (non-hydrogen) atoms. The number of likely N-dealkylation sites (N-methyl/N-ethyl adjacent to an activating group) is 1. The monoisotopic (exact) mass is 369 g/mol. The lowest BCUT2D eigenvalue weighted by Crippen LogP contribution is -2.29. The van der Waals surface area contributed by atoms with E-state index in [1.165, 1.54) is 0 Å². The number of carbonyl (C=O) groups excluding carboxylic acids is 1. The molecule has 0 radical (unpaired) electrons. The van der Waals surface area contributed by atoms with E-state index in [4.69, 9.17) is 0 Å². The molecular formula is C22H19N5O. The Morgan fingerprint density at radius 3 is 2.61 bits per heavy atom. The number of nitrogens with zero attached hydrogens (tertiary/aromatic N) is 5. The van der Waals surface area contributed by atoms with Crippen molar-refractivity contribution in [3.05, 3.63) is 84.8 Å². The summed E-state index contributed by atoms with van der Waals surface area (Å²) in [4.78, 5) is 31.9. The third-order valence-corrected chi connectivity index (χ3v) is 4.60. The molecule has 0 spiro atoms. The Labute approximate surface area is 162 Å². The van der Waals surface area contributed by atoms with E-state index < -0.39 is 0 Å². The van der Waals surface area contributed by atoms with Gasteiger partial charge in [0.15, 0.2) is 0 Å². The SMILES string of the molecule is CN(CCc1ccccn1)C(=O)c1cc(-c2ccncc2)c2cnccc2n1. The van der Waals surface area contributed by atoms with Crippen LogP contribution in [-0.4, -0.2) is 44.3 Å². The van der Waals surface area contributed by atoms with Gasteiger partial charge in [-0.1, -0.05) is 6.07 Å². The van der Waals surface area contributed by atoms with Gasteiger partial charge >= 0.3 is 0 Å². The lowest BCUT2D eigenvalue weighted by atomic mass is 10.0. The zero-order valence-corrected chi connectivity index (χ0v) is 15.5. The molecule has 0 saturated heterocycles. The predicted molar refractivity (Wildman–Crippen MR) is 108 cm³/mol. The van der Waals surface area contributed by atoms with Crippen LogP contribution in [0.5, 0.6) is 0 Å². The van der Waals surface area contributed by atoms with Crippen LogP contribution in [0.4, 0.5) is 0 Å². The highest BCUT2D eigenvalue weighted by atomic mass is 16.2. The number of rotatable bonds is 5. The Hall–Kier alpha value is -3.67. The van der Waals surface area contributed by atoms with Gasteiger partial charge < -0.3 is 4.90 Å². The zero-order valence-electron chi connectivity index (χ0n) is 15.5. The van der Waals surface area contributed by atoms with Gasteiger partial charge in [0.05, 0.1) is 5.52 Å². The summed E-state index contributed by atoms with van der Waals surface area (Å²) >= 11 is 0. The lowest BCUT2D eigenvalue weighted by Gasteiger charge is -2.17. The summed E-state index contributed by atoms with van der Waals surface area (Å²) in [6, 6.07) is 13.3. The van der Waals surface area contributed by atoms with Gasteiger partial charge in [-0.3, -0.25) is 19.7 Å². The van der Waals surface area contributed by atoms with Gasteiger partial charge in [-0.05, 0) is 47.5 Å². The van der Waals surface area contributed by atoms with E-state index in [1.54, 1.807) is 42.9 Å². The van der Waals surface area contributed by atoms with E-state index in [-0.39, 0.29) is 5.91 Å². The fraction of sp³-hybridized carbons (Fsp3) is 0.136. The maximum absolute atomic E-state index is 13.0. The number of carbonyl (C=O) groups is 1. The zero-order chi connectivity index (χ0) is 19.3. The van der Waals surface area contributed by atoms with Gasteiger partial charge in [0.2, 0.25) is 0 Å². The highest BCUT2D eigenvalue weighted by Crippen LogP contribution is 2.28. The fourth-order valence-electron chi connectivity index (χ4n) is 3.07. The van der Waals surface area contributed by atoms with E-state index >= 15 is 0 Å². The molecule has 6 heteroatoms. The Kier molecular flexibility index (Phi) is 5.01. The second-order valence-corrected chi connectivity index (χ2v) is 6.48. The molecule has 4 rings (SSSR count). The van der Waals surface area contributed by atoms with Crippen molar-refractivity contribution in [2.24, 2.45) is 0 Å². The minimum Gasteiger partial charge on any atom is -0.340 e. The van der Waals surface area contributed by atoms with Gasteiger partial charge in [-0.15, -0.1) is 0 Å². The van der Waals surface area contributed by atoms with Gasteiger partial charge in [0.25, 0.3) is 5.91 Å². The van der Waals surface area contributed by atoms with Crippen molar-refractivity contribution in [1.29, 1.82) is 0 Å². The summed E-state index contributed by atoms with van der Waals surface area (Å²) in [7, 11) is 1.79. The standard InChI is InChI=1S/C22H19N5O/c1-27(13-8-17-4-2-3-9-25-17)22(28)21-14-18(16-5-10-23-11-6-16)19-15-24-12-7-20(19)26-21/h2-7,9-12,14-15H,8,13H2,1H3. The number of aromatic nitrogens is 4. The topological polar surface area (TPSA) is 71.9 Å². The molecule has 0 saturated carbocycles. The molecular weight excluding hydrogens is 350 g/mol. The van der Waals surface area contributed by atoms with E-state index in [1.807, 2.05) is 42.5 Å². The van der Waals surface area contributed by atoms with Crippen LogP contribution in [0.1, 0.15) is 16.2 Å². The molecule has 4 heterocycles. The average molecular weight is 369 g/mol. The van der Waals surface area contributed by atoms with Crippen molar-refractivity contribution < 1.29 is 4.79 Å². The average Bonchev–Trinajstić information content (AvgIpc) is 2.77. The van der Waals surface area contributed by atoms with Crippen LogP contribution in [0.25, 0.3) is 22.0 Å². The quantitative estimate of drug-likeness (QED) is 0.539. The smallest absolute Gasteiger partial charge is 0.272 e. The molecule has 0 aliphatic heterocycles. The minimum absolute atomic E-state index is 0.120. The van der Waals surface area contributed by atoms with Gasteiger partial charge in [0.1, 0.15) is 5.69 Å². The Balaban J connectivity index is 1.65. The number of pyridine rings is 4. The first-order valence-electron chi connectivity index (χ1n) is 9.03. The Bertz CT molecular complexity index is 1100. The summed E-state index contributed by atoms with van der Waals surface area (Å²) in [6.07, 6.45) is 9.38. The van der Waals surface area contributed by atoms with E-state index in [0.29, 0.717) is 18.7 Å². The summed E-state index contributed by atoms with van der Waals surface area (Å²) in [5.41, 5.74) is 4.00. The second kappa shape index (κ2) is 7.92. The molecule has 0 bridgehead atoms. The van der Waals surface area contributed by atoms with E-state index in [2.05, 4.69) is 19.9 Å². The summed E-state index contributed by atoms with van der Waals surface area (Å²) in [5, 5.41) is 0.904. The minimum atomic E-state index is -0.120. The molecule has 0 N–H and O–H groups in total. The van der Waals surface area contributed by atoms with Crippen molar-refractivity contribution in [3.8, 4) is 11.1 Å². The normalized spacial score (nSPS) is 10.8. The predicted octanol–water partition coefficient (Wildman–Crippen LogP) is 3.40. The van der Waals surface area contributed by atoms with Gasteiger partial charge in [-0.2, -0.15) is 0 Å². The Morgan fingerprint density at radius 2 is 1.82 bits per heavy atom. The first kappa shape index (κ1) is 17.7. The maximum atomic E-state index is 13.0. The Morgan fingerprint density at radius 1 is 1.00 bits per heavy atom. The van der Waals surface area contributed by atoms with Crippen LogP contribution in [0, 0.1) is 0 Å². The molecule has 0 aromatic carbocycles. The molecule has 4 aromatic heterocycles. The molecule has 138 valence electrons. The largest absolute Gasteiger partial charge is 0.340 e. The molecule has 0 fully saturated rings. The molecule has 4 aromatic rings. The summed E-state index contributed by atoms with van der Waals surface area (Å²) in [6.45, 7) is 0.566. The molecule has 0 unspecified atom stereocenters. The maximum Gasteiger partial charge on any atom is 0.272 e. The van der Waals surface area contributed by atoms with Crippen LogP contribution in [-0.2, 0) is 6.42 Å². The summed E-state index contributed by atoms with van der Waals surface area (Å²) in [5.74, 6) is -0.120. The third kappa shape index (κ3) is 3.71. The number of hydrogen-bond donors (Lipinski definition) is 0. The van der Waals surface area contributed by atoms with Crippen molar-refractivity contribution in [2.75, 3.05) is 13.6 Å². The first-order chi connectivity index (χ1) is 13.7. The van der Waals surface area contributed by atoms with Crippen molar-refractivity contribution >= 4 is 16.8 Å². The van der Waals surface area contributed by atoms with Gasteiger partial charge in [-0.25, -0.2) is 4.98 Å². The molecule has 0 atom stereocenters. The van der Waals surface area contributed by atoms with Crippen LogP contribution in [0.2, 0.25) is 0 Å². The number of hydrogen-bond acceptors (Lipinski definition) is 5. The van der Waals surface area contributed by atoms with Crippen molar-refractivity contribution in [1.82, 2.24) is 24.8 Å². The molecule has 1 amide bonds. The first-order valence-corrected chi connectivity index (χ1v) is 9.03. The number of fused-ring (bicyclic) bond motifs is 1. The fourth-order valence-corrected chi connectivity index (χ4v) is 3.07.